The summed E-state index contributed by atoms with van der Waals surface area (Å²) in [6, 6.07) is 0. The van der Waals surface area contributed by atoms with Gasteiger partial charge < -0.3 is 5.11 Å². The topological polar surface area (TPSA) is 20.2 Å². The fraction of sp³-hybridized carbons (Fsp3) is 0.111. The van der Waals surface area contributed by atoms with Gasteiger partial charge in [-0.1, -0.05) is 23.2 Å². The van der Waals surface area contributed by atoms with Crippen LogP contribution >= 0.6 is 23.2 Å². The third kappa shape index (κ3) is 2.31. The molecule has 0 heterocycles. The second-order valence-electron chi connectivity index (χ2n) is 2.74. The molecule has 0 aliphatic heterocycles. The van der Waals surface area contributed by atoms with E-state index < -0.39 is 45.5 Å². The van der Waals surface area contributed by atoms with Crippen molar-refractivity contribution in [3.8, 4) is 0 Å². The van der Waals surface area contributed by atoms with Gasteiger partial charge in [-0.2, -0.15) is 0 Å². The zero-order chi connectivity index (χ0) is 12.5. The zero-order valence-electron chi connectivity index (χ0n) is 7.50. The van der Waals surface area contributed by atoms with Crippen LogP contribution in [0, 0.1) is 23.3 Å². The average molecular weight is 275 g/mol. The van der Waals surface area contributed by atoms with Crippen molar-refractivity contribution in [1.29, 1.82) is 0 Å². The second kappa shape index (κ2) is 5.03. The Morgan fingerprint density at radius 1 is 1.00 bits per heavy atom. The van der Waals surface area contributed by atoms with Crippen LogP contribution in [0.4, 0.5) is 17.6 Å². The summed E-state index contributed by atoms with van der Waals surface area (Å²) in [5.74, 6) is -6.69. The molecule has 0 spiro atoms. The van der Waals surface area contributed by atoms with Crippen LogP contribution in [0.5, 0.6) is 0 Å². The predicted molar refractivity (Wildman–Crippen MR) is 51.9 cm³/mol. The molecular weight excluding hydrogens is 271 g/mol. The minimum atomic E-state index is -1.68. The Kier molecular flexibility index (Phi) is 4.18. The van der Waals surface area contributed by atoms with E-state index in [9.17, 15) is 17.6 Å². The van der Waals surface area contributed by atoms with Crippen LogP contribution in [0.15, 0.2) is 4.49 Å². The highest BCUT2D eigenvalue weighted by Gasteiger charge is 2.23. The van der Waals surface area contributed by atoms with Crippen LogP contribution in [0.1, 0.15) is 11.1 Å². The van der Waals surface area contributed by atoms with Gasteiger partial charge in [0, 0.05) is 0 Å². The SMILES string of the molecule is OCc1c(F)c(F)c(C=C(Cl)Cl)c(F)c1F. The van der Waals surface area contributed by atoms with Gasteiger partial charge in [-0.3, -0.25) is 0 Å². The molecule has 16 heavy (non-hydrogen) atoms. The number of aliphatic hydroxyl groups excluding tert-OH is 1. The maximum Gasteiger partial charge on any atom is 0.169 e. The molecule has 0 aromatic heterocycles. The van der Waals surface area contributed by atoms with Crippen LogP contribution in [0.2, 0.25) is 0 Å². The molecular formula is C9H4Cl2F4O. The first-order valence-corrected chi connectivity index (χ1v) is 4.64. The molecule has 7 heteroatoms. The van der Waals surface area contributed by atoms with Crippen molar-refractivity contribution in [2.45, 2.75) is 6.61 Å². The molecule has 0 amide bonds. The van der Waals surface area contributed by atoms with E-state index >= 15 is 0 Å². The van der Waals surface area contributed by atoms with E-state index in [1.165, 1.54) is 0 Å². The van der Waals surface area contributed by atoms with Crippen molar-refractivity contribution >= 4 is 29.3 Å². The molecule has 1 nitrogen and oxygen atoms in total. The molecule has 1 aromatic carbocycles. The van der Waals surface area contributed by atoms with Crippen LogP contribution in [-0.4, -0.2) is 5.11 Å². The summed E-state index contributed by atoms with van der Waals surface area (Å²) in [4.78, 5) is 0. The molecule has 88 valence electrons. The summed E-state index contributed by atoms with van der Waals surface area (Å²) in [5.41, 5.74) is -2.12. The van der Waals surface area contributed by atoms with E-state index in [1.54, 1.807) is 0 Å². The number of hydrogen-bond acceptors (Lipinski definition) is 1. The molecule has 0 unspecified atom stereocenters. The quantitative estimate of drug-likeness (QED) is 0.646. The first-order valence-electron chi connectivity index (χ1n) is 3.88. The molecule has 0 aliphatic rings. The van der Waals surface area contributed by atoms with Crippen molar-refractivity contribution < 1.29 is 22.7 Å². The highest BCUT2D eigenvalue weighted by atomic mass is 35.5. The van der Waals surface area contributed by atoms with E-state index in [4.69, 9.17) is 28.3 Å². The summed E-state index contributed by atoms with van der Waals surface area (Å²) in [6.45, 7) is -1.16. The van der Waals surface area contributed by atoms with E-state index in [2.05, 4.69) is 0 Å². The molecule has 1 N–H and O–H groups in total. The third-order valence-electron chi connectivity index (χ3n) is 1.80. The van der Waals surface area contributed by atoms with Gasteiger partial charge in [-0.25, -0.2) is 17.6 Å². The van der Waals surface area contributed by atoms with Gasteiger partial charge in [-0.15, -0.1) is 0 Å². The lowest BCUT2D eigenvalue weighted by atomic mass is 10.1. The van der Waals surface area contributed by atoms with Gasteiger partial charge in [0.2, 0.25) is 0 Å². The van der Waals surface area contributed by atoms with E-state index in [-0.39, 0.29) is 0 Å². The standard InChI is InChI=1S/C9H4Cl2F4O/c10-5(11)1-3-6(12)8(14)4(2-16)9(15)7(3)13/h1,16H,2H2. The molecule has 1 rings (SSSR count). The Morgan fingerprint density at radius 2 is 1.44 bits per heavy atom. The summed E-state index contributed by atoms with van der Waals surface area (Å²) in [6.07, 6.45) is 0.529. The minimum Gasteiger partial charge on any atom is -0.391 e. The van der Waals surface area contributed by atoms with Gasteiger partial charge in [0.05, 0.1) is 17.7 Å². The first-order chi connectivity index (χ1) is 7.40. The van der Waals surface area contributed by atoms with Crippen LogP contribution < -0.4 is 0 Å². The number of rotatable bonds is 2. The average Bonchev–Trinajstić information content (AvgIpc) is 2.22. The number of benzene rings is 1. The lowest BCUT2D eigenvalue weighted by Crippen LogP contribution is -2.06. The fourth-order valence-corrected chi connectivity index (χ4v) is 1.29. The zero-order valence-corrected chi connectivity index (χ0v) is 9.01. The van der Waals surface area contributed by atoms with Crippen molar-refractivity contribution in [2.24, 2.45) is 0 Å². The highest BCUT2D eigenvalue weighted by Crippen LogP contribution is 2.27. The maximum absolute atomic E-state index is 13.2. The van der Waals surface area contributed by atoms with Crippen molar-refractivity contribution in [2.75, 3.05) is 0 Å². The molecule has 0 saturated heterocycles. The van der Waals surface area contributed by atoms with Gasteiger partial charge in [-0.05, 0) is 6.08 Å². The number of aliphatic hydroxyl groups is 1. The van der Waals surface area contributed by atoms with Crippen molar-refractivity contribution in [1.82, 2.24) is 0 Å². The maximum atomic E-state index is 13.2. The Bertz CT molecular complexity index is 426. The molecule has 0 aliphatic carbocycles. The predicted octanol–water partition coefficient (Wildman–Crippen LogP) is 3.51. The molecule has 0 saturated carbocycles. The van der Waals surface area contributed by atoms with E-state index in [1.807, 2.05) is 0 Å². The summed E-state index contributed by atoms with van der Waals surface area (Å²) in [5, 5.41) is 8.54. The van der Waals surface area contributed by atoms with Crippen molar-refractivity contribution in [3.05, 3.63) is 38.9 Å². The summed E-state index contributed by atoms with van der Waals surface area (Å²) in [7, 11) is 0. The van der Waals surface area contributed by atoms with Gasteiger partial charge >= 0.3 is 0 Å². The number of hydrogen-bond donors (Lipinski definition) is 1. The summed E-state index contributed by atoms with van der Waals surface area (Å²) < 4.78 is 52.0. The lowest BCUT2D eigenvalue weighted by Gasteiger charge is -2.07. The van der Waals surface area contributed by atoms with Crippen LogP contribution in [-0.2, 0) is 6.61 Å². The Balaban J connectivity index is 3.60. The fourth-order valence-electron chi connectivity index (χ4n) is 1.07. The minimum absolute atomic E-state index is 0.529. The molecule has 0 radical (unpaired) electrons. The molecule has 1 aromatic rings. The Hall–Kier alpha value is -0.780. The third-order valence-corrected chi connectivity index (χ3v) is 2.02. The van der Waals surface area contributed by atoms with Gasteiger partial charge in [0.25, 0.3) is 0 Å². The van der Waals surface area contributed by atoms with E-state index in [0.717, 1.165) is 0 Å². The lowest BCUT2D eigenvalue weighted by molar-refractivity contribution is 0.262. The molecule has 0 fully saturated rings. The van der Waals surface area contributed by atoms with Gasteiger partial charge in [0.15, 0.2) is 23.3 Å². The Labute approximate surface area is 97.9 Å². The molecule has 0 atom stereocenters. The highest BCUT2D eigenvalue weighted by molar-refractivity contribution is 6.57. The van der Waals surface area contributed by atoms with E-state index in [0.29, 0.717) is 6.08 Å². The molecule has 0 bridgehead atoms. The Morgan fingerprint density at radius 3 is 1.75 bits per heavy atom. The second-order valence-corrected chi connectivity index (χ2v) is 3.75. The largest absolute Gasteiger partial charge is 0.391 e. The van der Waals surface area contributed by atoms with Crippen LogP contribution in [0.3, 0.4) is 0 Å². The van der Waals surface area contributed by atoms with Crippen molar-refractivity contribution in [3.63, 3.8) is 0 Å². The monoisotopic (exact) mass is 274 g/mol. The first kappa shape index (κ1) is 13.3. The number of halogens is 6. The summed E-state index contributed by atoms with van der Waals surface area (Å²) >= 11 is 10.3. The smallest absolute Gasteiger partial charge is 0.169 e. The normalized spacial score (nSPS) is 10.4. The van der Waals surface area contributed by atoms with Gasteiger partial charge in [0.1, 0.15) is 4.49 Å². The van der Waals surface area contributed by atoms with Crippen LogP contribution in [0.25, 0.3) is 6.08 Å².